The second-order valence-corrected chi connectivity index (χ2v) is 4.20. The molecule has 0 heterocycles. The van der Waals surface area contributed by atoms with Crippen LogP contribution in [0.25, 0.3) is 0 Å². The molecule has 0 bridgehead atoms. The zero-order valence-electron chi connectivity index (χ0n) is 11.9. The van der Waals surface area contributed by atoms with Crippen LogP contribution in [0.5, 0.6) is 5.75 Å². The Morgan fingerprint density at radius 2 is 2.00 bits per heavy atom. The van der Waals surface area contributed by atoms with Crippen LogP contribution in [0, 0.1) is 0 Å². The number of rotatable bonds is 6. The summed E-state index contributed by atoms with van der Waals surface area (Å²) in [7, 11) is 1.55. The third-order valence-corrected chi connectivity index (χ3v) is 2.79. The molecular weight excluding hydrogens is 260 g/mol. The summed E-state index contributed by atoms with van der Waals surface area (Å²) in [5, 5.41) is 2.67. The minimum atomic E-state index is -1.33. The third-order valence-electron chi connectivity index (χ3n) is 2.79. The van der Waals surface area contributed by atoms with Crippen LogP contribution in [0.3, 0.4) is 0 Å². The van der Waals surface area contributed by atoms with Gasteiger partial charge in [-0.25, -0.2) is 4.79 Å². The predicted molar refractivity (Wildman–Crippen MR) is 74.2 cm³/mol. The monoisotopic (exact) mass is 280 g/mol. The second kappa shape index (κ2) is 7.49. The van der Waals surface area contributed by atoms with E-state index >= 15 is 0 Å². The van der Waals surface area contributed by atoms with Gasteiger partial charge >= 0.3 is 5.97 Å². The van der Waals surface area contributed by atoms with Crippen LogP contribution < -0.4 is 15.8 Å². The van der Waals surface area contributed by atoms with Crippen molar-refractivity contribution in [1.29, 1.82) is 0 Å². The summed E-state index contributed by atoms with van der Waals surface area (Å²) >= 11 is 0. The van der Waals surface area contributed by atoms with E-state index in [2.05, 4.69) is 5.32 Å². The smallest absolute Gasteiger partial charge is 0.332 e. The molecule has 0 aliphatic heterocycles. The molecule has 0 saturated heterocycles. The Hall–Kier alpha value is -2.08. The van der Waals surface area contributed by atoms with Gasteiger partial charge in [0.2, 0.25) is 5.91 Å². The number of para-hydroxylation sites is 1. The first kappa shape index (κ1) is 16.0. The molecule has 1 amide bonds. The number of nitrogens with two attached hydrogens (primary N) is 1. The molecule has 0 aliphatic rings. The lowest BCUT2D eigenvalue weighted by Gasteiger charge is -2.19. The number of amides is 1. The summed E-state index contributed by atoms with van der Waals surface area (Å²) in [6, 6.07) is 5.64. The van der Waals surface area contributed by atoms with Gasteiger partial charge in [0, 0.05) is 5.56 Å². The average molecular weight is 280 g/mol. The number of carbonyl (C=O) groups excluding carboxylic acids is 2. The SMILES string of the molecule is CCOC(=O)C(N)C(=O)NC(C)c1ccccc1OC. The standard InChI is InChI=1S/C14H20N2O4/c1-4-20-14(18)12(15)13(17)16-9(2)10-7-5-6-8-11(10)19-3/h5-9,12H,4,15H2,1-3H3,(H,16,17). The lowest BCUT2D eigenvalue weighted by molar-refractivity contribution is -0.148. The molecule has 1 aromatic carbocycles. The molecule has 0 saturated carbocycles. The molecule has 0 radical (unpaired) electrons. The number of nitrogens with one attached hydrogen (secondary N) is 1. The molecular formula is C14H20N2O4. The molecule has 0 spiro atoms. The van der Waals surface area contributed by atoms with E-state index in [-0.39, 0.29) is 12.6 Å². The van der Waals surface area contributed by atoms with Gasteiger partial charge in [-0.05, 0) is 19.9 Å². The van der Waals surface area contributed by atoms with E-state index in [1.165, 1.54) is 0 Å². The number of carbonyl (C=O) groups is 2. The highest BCUT2D eigenvalue weighted by Gasteiger charge is 2.25. The van der Waals surface area contributed by atoms with Gasteiger partial charge in [-0.3, -0.25) is 4.79 Å². The van der Waals surface area contributed by atoms with Crippen LogP contribution in [-0.2, 0) is 14.3 Å². The number of methoxy groups -OCH3 is 1. The Balaban J connectivity index is 2.72. The molecule has 1 aromatic rings. The van der Waals surface area contributed by atoms with Gasteiger partial charge < -0.3 is 20.5 Å². The largest absolute Gasteiger partial charge is 0.496 e. The van der Waals surface area contributed by atoms with E-state index in [9.17, 15) is 9.59 Å². The molecule has 20 heavy (non-hydrogen) atoms. The van der Waals surface area contributed by atoms with Gasteiger partial charge in [-0.15, -0.1) is 0 Å². The van der Waals surface area contributed by atoms with Crippen molar-refractivity contribution in [2.75, 3.05) is 13.7 Å². The first-order valence-electron chi connectivity index (χ1n) is 6.36. The van der Waals surface area contributed by atoms with Gasteiger partial charge in [0.1, 0.15) is 5.75 Å². The van der Waals surface area contributed by atoms with E-state index < -0.39 is 17.9 Å². The Labute approximate surface area is 118 Å². The number of esters is 1. The van der Waals surface area contributed by atoms with E-state index in [0.29, 0.717) is 5.75 Å². The maximum absolute atomic E-state index is 11.9. The minimum absolute atomic E-state index is 0.182. The van der Waals surface area contributed by atoms with Gasteiger partial charge in [-0.1, -0.05) is 18.2 Å². The summed E-state index contributed by atoms with van der Waals surface area (Å²) < 4.78 is 9.93. The van der Waals surface area contributed by atoms with Crippen LogP contribution in [0.1, 0.15) is 25.5 Å². The van der Waals surface area contributed by atoms with Crippen molar-refractivity contribution < 1.29 is 19.1 Å². The second-order valence-electron chi connectivity index (χ2n) is 4.20. The fraction of sp³-hybridized carbons (Fsp3) is 0.429. The van der Waals surface area contributed by atoms with E-state index in [0.717, 1.165) is 5.56 Å². The zero-order valence-corrected chi connectivity index (χ0v) is 11.9. The average Bonchev–Trinajstić information content (AvgIpc) is 2.46. The number of benzene rings is 1. The van der Waals surface area contributed by atoms with Crippen molar-refractivity contribution in [2.45, 2.75) is 25.9 Å². The van der Waals surface area contributed by atoms with Crippen LogP contribution in [0.2, 0.25) is 0 Å². The predicted octanol–water partition coefficient (Wildman–Crippen LogP) is 0.763. The zero-order chi connectivity index (χ0) is 15.1. The maximum Gasteiger partial charge on any atom is 0.332 e. The van der Waals surface area contributed by atoms with Crippen molar-refractivity contribution in [3.8, 4) is 5.75 Å². The van der Waals surface area contributed by atoms with E-state index in [1.807, 2.05) is 18.2 Å². The molecule has 1 rings (SSSR count). The first-order valence-corrected chi connectivity index (χ1v) is 6.36. The first-order chi connectivity index (χ1) is 9.51. The Morgan fingerprint density at radius 1 is 1.35 bits per heavy atom. The Bertz CT molecular complexity index is 476. The Morgan fingerprint density at radius 3 is 2.60 bits per heavy atom. The summed E-state index contributed by atoms with van der Waals surface area (Å²) in [6.07, 6.45) is 0. The number of hydrogen-bond acceptors (Lipinski definition) is 5. The van der Waals surface area contributed by atoms with Crippen LogP contribution >= 0.6 is 0 Å². The molecule has 0 aromatic heterocycles. The lowest BCUT2D eigenvalue weighted by Crippen LogP contribution is -2.47. The molecule has 0 fully saturated rings. The molecule has 6 nitrogen and oxygen atoms in total. The third kappa shape index (κ3) is 3.96. The molecule has 2 atom stereocenters. The topological polar surface area (TPSA) is 90.7 Å². The summed E-state index contributed by atoms with van der Waals surface area (Å²) in [5.74, 6) is -0.663. The fourth-order valence-corrected chi connectivity index (χ4v) is 1.74. The van der Waals surface area contributed by atoms with Crippen molar-refractivity contribution in [1.82, 2.24) is 5.32 Å². The summed E-state index contributed by atoms with van der Waals surface area (Å²) in [4.78, 5) is 23.3. The van der Waals surface area contributed by atoms with Crippen molar-refractivity contribution >= 4 is 11.9 Å². The van der Waals surface area contributed by atoms with E-state index in [1.54, 1.807) is 27.0 Å². The molecule has 0 aliphatic carbocycles. The number of hydrogen-bond donors (Lipinski definition) is 2. The van der Waals surface area contributed by atoms with Gasteiger partial charge in [0.25, 0.3) is 0 Å². The van der Waals surface area contributed by atoms with Crippen LogP contribution in [0.4, 0.5) is 0 Å². The molecule has 2 unspecified atom stereocenters. The highest BCUT2D eigenvalue weighted by atomic mass is 16.5. The van der Waals surface area contributed by atoms with Crippen molar-refractivity contribution in [2.24, 2.45) is 5.73 Å². The molecule has 110 valence electrons. The number of ether oxygens (including phenoxy) is 2. The van der Waals surface area contributed by atoms with Gasteiger partial charge in [-0.2, -0.15) is 0 Å². The lowest BCUT2D eigenvalue weighted by atomic mass is 10.1. The summed E-state index contributed by atoms with van der Waals surface area (Å²) in [5.41, 5.74) is 6.33. The fourth-order valence-electron chi connectivity index (χ4n) is 1.74. The molecule has 3 N–H and O–H groups in total. The minimum Gasteiger partial charge on any atom is -0.496 e. The normalized spacial score (nSPS) is 13.2. The van der Waals surface area contributed by atoms with Crippen LogP contribution in [0.15, 0.2) is 24.3 Å². The highest BCUT2D eigenvalue weighted by molar-refractivity contribution is 6.01. The summed E-state index contributed by atoms with van der Waals surface area (Å²) in [6.45, 7) is 3.62. The van der Waals surface area contributed by atoms with Gasteiger partial charge in [0.05, 0.1) is 19.8 Å². The van der Waals surface area contributed by atoms with E-state index in [4.69, 9.17) is 15.2 Å². The molecule has 6 heteroatoms. The van der Waals surface area contributed by atoms with Crippen molar-refractivity contribution in [3.05, 3.63) is 29.8 Å². The Kier molecular flexibility index (Phi) is 5.99. The highest BCUT2D eigenvalue weighted by Crippen LogP contribution is 2.24. The quantitative estimate of drug-likeness (QED) is 0.593. The maximum atomic E-state index is 11.9. The van der Waals surface area contributed by atoms with Crippen LogP contribution in [-0.4, -0.2) is 31.6 Å². The van der Waals surface area contributed by atoms with Gasteiger partial charge in [0.15, 0.2) is 6.04 Å². The van der Waals surface area contributed by atoms with Crippen molar-refractivity contribution in [3.63, 3.8) is 0 Å².